The zero-order valence-electron chi connectivity index (χ0n) is 15.2. The van der Waals surface area contributed by atoms with Gasteiger partial charge in [0.25, 0.3) is 0 Å². The summed E-state index contributed by atoms with van der Waals surface area (Å²) >= 11 is 0. The lowest BCUT2D eigenvalue weighted by Gasteiger charge is -2.52. The molecule has 0 radical (unpaired) electrons. The van der Waals surface area contributed by atoms with Crippen molar-refractivity contribution in [3.05, 3.63) is 17.5 Å². The summed E-state index contributed by atoms with van der Waals surface area (Å²) in [6.07, 6.45) is 8.64. The standard InChI is InChI=1S/C20H29N3O2/c1-19(25)9-15(10-19)18(24)22-12-20(13-22)6-5-14(11-20)17-8-16-4-2-3-7-23(16)21-17/h8,14-15,25H,2-7,9-13H2,1H3. The first-order chi connectivity index (χ1) is 11.9. The molecule has 2 aliphatic heterocycles. The second-order valence-corrected chi connectivity index (χ2v) is 9.48. The van der Waals surface area contributed by atoms with Crippen molar-refractivity contribution in [1.29, 1.82) is 0 Å². The number of nitrogens with zero attached hydrogens (tertiary/aromatic N) is 3. The molecule has 4 aliphatic rings. The lowest BCUT2D eigenvalue weighted by atomic mass is 9.69. The van der Waals surface area contributed by atoms with Crippen LogP contribution in [0, 0.1) is 11.3 Å². The molecular weight excluding hydrogens is 314 g/mol. The molecule has 1 N–H and O–H groups in total. The molecule has 1 spiro atoms. The average molecular weight is 343 g/mol. The van der Waals surface area contributed by atoms with Crippen LogP contribution in [0.15, 0.2) is 6.07 Å². The van der Waals surface area contributed by atoms with E-state index in [1.807, 2.05) is 11.8 Å². The minimum Gasteiger partial charge on any atom is -0.390 e. The third-order valence-electron chi connectivity index (χ3n) is 7.14. The molecule has 5 rings (SSSR count). The van der Waals surface area contributed by atoms with E-state index in [1.165, 1.54) is 49.9 Å². The molecule has 2 saturated carbocycles. The van der Waals surface area contributed by atoms with Crippen LogP contribution < -0.4 is 0 Å². The molecule has 25 heavy (non-hydrogen) atoms. The maximum atomic E-state index is 12.5. The summed E-state index contributed by atoms with van der Waals surface area (Å²) < 4.78 is 2.23. The number of aliphatic hydroxyl groups is 1. The van der Waals surface area contributed by atoms with E-state index < -0.39 is 5.60 Å². The summed E-state index contributed by atoms with van der Waals surface area (Å²) in [6, 6.07) is 2.35. The number of hydrogen-bond acceptors (Lipinski definition) is 3. The average Bonchev–Trinajstić information content (AvgIpc) is 3.14. The maximum absolute atomic E-state index is 12.5. The Morgan fingerprint density at radius 1 is 1.28 bits per heavy atom. The largest absolute Gasteiger partial charge is 0.390 e. The van der Waals surface area contributed by atoms with E-state index >= 15 is 0 Å². The van der Waals surface area contributed by atoms with Gasteiger partial charge in [0.15, 0.2) is 0 Å². The molecule has 1 unspecified atom stereocenters. The van der Waals surface area contributed by atoms with Gasteiger partial charge in [-0.15, -0.1) is 0 Å². The number of amides is 1. The van der Waals surface area contributed by atoms with Crippen LogP contribution in [0.4, 0.5) is 0 Å². The summed E-state index contributed by atoms with van der Waals surface area (Å²) in [5, 5.41) is 14.7. The first-order valence-corrected chi connectivity index (χ1v) is 10.0. The number of likely N-dealkylation sites (tertiary alicyclic amines) is 1. The second-order valence-electron chi connectivity index (χ2n) is 9.48. The van der Waals surface area contributed by atoms with Gasteiger partial charge in [0.2, 0.25) is 5.91 Å². The van der Waals surface area contributed by atoms with Crippen LogP contribution in [0.25, 0.3) is 0 Å². The first-order valence-electron chi connectivity index (χ1n) is 10.0. The number of aromatic nitrogens is 2. The van der Waals surface area contributed by atoms with E-state index in [2.05, 4.69) is 10.7 Å². The monoisotopic (exact) mass is 343 g/mol. The fraction of sp³-hybridized carbons (Fsp3) is 0.800. The van der Waals surface area contributed by atoms with E-state index in [9.17, 15) is 9.90 Å². The SMILES string of the molecule is CC1(O)CC(C(=O)N2CC3(CCC(c4cc5n(n4)CCCC5)C3)C2)C1. The topological polar surface area (TPSA) is 58.4 Å². The van der Waals surface area contributed by atoms with Gasteiger partial charge >= 0.3 is 0 Å². The van der Waals surface area contributed by atoms with Gasteiger partial charge < -0.3 is 10.0 Å². The van der Waals surface area contributed by atoms with Crippen molar-refractivity contribution in [2.75, 3.05) is 13.1 Å². The van der Waals surface area contributed by atoms with Crippen LogP contribution in [0.5, 0.6) is 0 Å². The van der Waals surface area contributed by atoms with Crippen LogP contribution in [0.2, 0.25) is 0 Å². The molecule has 0 aromatic carbocycles. The number of rotatable bonds is 2. The molecule has 1 aromatic rings. The highest BCUT2D eigenvalue weighted by molar-refractivity contribution is 5.81. The van der Waals surface area contributed by atoms with Gasteiger partial charge in [0.05, 0.1) is 11.3 Å². The zero-order valence-corrected chi connectivity index (χ0v) is 15.2. The van der Waals surface area contributed by atoms with Crippen LogP contribution >= 0.6 is 0 Å². The molecule has 2 aliphatic carbocycles. The Hall–Kier alpha value is -1.36. The molecule has 1 aromatic heterocycles. The summed E-state index contributed by atoms with van der Waals surface area (Å²) in [4.78, 5) is 14.6. The predicted octanol–water partition coefficient (Wildman–Crippen LogP) is 2.48. The number of carbonyl (C=O) groups is 1. The Bertz CT molecular complexity index is 670. The highest BCUT2D eigenvalue weighted by atomic mass is 16.3. The van der Waals surface area contributed by atoms with E-state index in [-0.39, 0.29) is 11.8 Å². The van der Waals surface area contributed by atoms with Gasteiger partial charge in [-0.1, -0.05) is 0 Å². The fourth-order valence-corrected chi connectivity index (χ4v) is 5.74. The molecule has 1 saturated heterocycles. The smallest absolute Gasteiger partial charge is 0.225 e. The van der Waals surface area contributed by atoms with Gasteiger partial charge in [-0.2, -0.15) is 5.10 Å². The normalized spacial score (nSPS) is 36.0. The molecule has 5 heteroatoms. The van der Waals surface area contributed by atoms with Crippen molar-refractivity contribution >= 4 is 5.91 Å². The Labute approximate surface area is 149 Å². The molecule has 1 atom stereocenters. The van der Waals surface area contributed by atoms with Gasteiger partial charge in [0, 0.05) is 42.6 Å². The highest BCUT2D eigenvalue weighted by Gasteiger charge is 2.53. The molecule has 3 heterocycles. The van der Waals surface area contributed by atoms with Crippen molar-refractivity contribution in [3.63, 3.8) is 0 Å². The summed E-state index contributed by atoms with van der Waals surface area (Å²) in [6.45, 7) is 4.77. The zero-order chi connectivity index (χ0) is 17.2. The number of aryl methyl sites for hydroxylation is 2. The van der Waals surface area contributed by atoms with E-state index in [4.69, 9.17) is 5.10 Å². The minimum atomic E-state index is -0.610. The maximum Gasteiger partial charge on any atom is 0.225 e. The lowest BCUT2D eigenvalue weighted by molar-refractivity contribution is -0.161. The lowest BCUT2D eigenvalue weighted by Crippen LogP contribution is -2.61. The van der Waals surface area contributed by atoms with E-state index in [1.54, 1.807) is 0 Å². The Kier molecular flexibility index (Phi) is 3.38. The van der Waals surface area contributed by atoms with Crippen LogP contribution in [-0.4, -0.2) is 44.4 Å². The molecule has 136 valence electrons. The predicted molar refractivity (Wildman–Crippen MR) is 94.1 cm³/mol. The Morgan fingerprint density at radius 2 is 2.08 bits per heavy atom. The van der Waals surface area contributed by atoms with Gasteiger partial charge in [-0.05, 0) is 64.4 Å². The summed E-state index contributed by atoms with van der Waals surface area (Å²) in [5.74, 6) is 0.919. The fourth-order valence-electron chi connectivity index (χ4n) is 5.74. The third kappa shape index (κ3) is 2.62. The van der Waals surface area contributed by atoms with E-state index in [0.29, 0.717) is 24.2 Å². The number of fused-ring (bicyclic) bond motifs is 1. The van der Waals surface area contributed by atoms with Crippen molar-refractivity contribution < 1.29 is 9.90 Å². The first kappa shape index (κ1) is 15.9. The summed E-state index contributed by atoms with van der Waals surface area (Å²) in [5.41, 5.74) is 2.45. The van der Waals surface area contributed by atoms with Crippen LogP contribution in [-0.2, 0) is 17.8 Å². The molecular formula is C20H29N3O2. The van der Waals surface area contributed by atoms with Crippen molar-refractivity contribution in [2.45, 2.75) is 76.4 Å². The Balaban J connectivity index is 1.19. The minimum absolute atomic E-state index is 0.0596. The quantitative estimate of drug-likeness (QED) is 0.897. The van der Waals surface area contributed by atoms with Gasteiger partial charge in [0.1, 0.15) is 0 Å². The molecule has 0 bridgehead atoms. The van der Waals surface area contributed by atoms with Crippen molar-refractivity contribution in [3.8, 4) is 0 Å². The van der Waals surface area contributed by atoms with Crippen molar-refractivity contribution in [1.82, 2.24) is 14.7 Å². The third-order valence-corrected chi connectivity index (χ3v) is 7.14. The molecule has 3 fully saturated rings. The number of hydrogen-bond donors (Lipinski definition) is 1. The van der Waals surface area contributed by atoms with Gasteiger partial charge in [-0.3, -0.25) is 9.48 Å². The van der Waals surface area contributed by atoms with Crippen molar-refractivity contribution in [2.24, 2.45) is 11.3 Å². The van der Waals surface area contributed by atoms with Crippen LogP contribution in [0.3, 0.4) is 0 Å². The van der Waals surface area contributed by atoms with E-state index in [0.717, 1.165) is 19.6 Å². The van der Waals surface area contributed by atoms with Gasteiger partial charge in [-0.25, -0.2) is 0 Å². The number of carbonyl (C=O) groups excluding carboxylic acids is 1. The Morgan fingerprint density at radius 3 is 2.80 bits per heavy atom. The molecule has 5 nitrogen and oxygen atoms in total. The van der Waals surface area contributed by atoms with Crippen LogP contribution in [0.1, 0.15) is 69.2 Å². The molecule has 1 amide bonds. The second kappa shape index (κ2) is 5.32. The summed E-state index contributed by atoms with van der Waals surface area (Å²) in [7, 11) is 0. The highest BCUT2D eigenvalue weighted by Crippen LogP contribution is 2.52.